The van der Waals surface area contributed by atoms with Crippen LogP contribution in [0.25, 0.3) is 0 Å². The Kier molecular flexibility index (Phi) is 8.75. The van der Waals surface area contributed by atoms with Crippen LogP contribution in [0.5, 0.6) is 0 Å². The molecule has 0 aromatic heterocycles. The zero-order valence-corrected chi connectivity index (χ0v) is 10.1. The fraction of sp³-hybridized carbons (Fsp3) is 0.500. The second-order valence-corrected chi connectivity index (χ2v) is 3.32. The summed E-state index contributed by atoms with van der Waals surface area (Å²) in [6.45, 7) is 6.20. The highest BCUT2D eigenvalue weighted by atomic mass is 16.1. The molecule has 0 amide bonds. The van der Waals surface area contributed by atoms with E-state index in [9.17, 15) is 4.79 Å². The first-order valence-corrected chi connectivity index (χ1v) is 5.91. The van der Waals surface area contributed by atoms with Gasteiger partial charge in [-0.2, -0.15) is 0 Å². The first kappa shape index (κ1) is 13.9. The Morgan fingerprint density at radius 2 is 1.67 bits per heavy atom. The predicted molar refractivity (Wildman–Crippen MR) is 66.4 cm³/mol. The Balaban J connectivity index is 0.000000921. The van der Waals surface area contributed by atoms with Crippen LogP contribution in [0.1, 0.15) is 56.0 Å². The summed E-state index contributed by atoms with van der Waals surface area (Å²) in [4.78, 5) is 10.4. The lowest BCUT2D eigenvalue weighted by Crippen LogP contribution is -1.86. The summed E-state index contributed by atoms with van der Waals surface area (Å²) in [5, 5.41) is 0. The highest BCUT2D eigenvalue weighted by Gasteiger charge is 1.93. The topological polar surface area (TPSA) is 17.1 Å². The van der Waals surface area contributed by atoms with Crippen LogP contribution in [0.4, 0.5) is 0 Å². The fourth-order valence-corrected chi connectivity index (χ4v) is 1.34. The molecule has 0 spiro atoms. The third-order valence-electron chi connectivity index (χ3n) is 2.18. The van der Waals surface area contributed by atoms with Crippen LogP contribution in [0, 0.1) is 0 Å². The molecule has 1 heteroatoms. The number of carbonyl (C=O) groups excluding carboxylic acids is 1. The van der Waals surface area contributed by atoms with Crippen molar-refractivity contribution in [3.05, 3.63) is 35.4 Å². The van der Waals surface area contributed by atoms with Gasteiger partial charge in [-0.3, -0.25) is 4.79 Å². The van der Waals surface area contributed by atoms with Gasteiger partial charge in [-0.05, 0) is 18.4 Å². The molecule has 84 valence electrons. The summed E-state index contributed by atoms with van der Waals surface area (Å²) in [5.74, 6) is 0. The van der Waals surface area contributed by atoms with E-state index in [2.05, 4.69) is 6.92 Å². The molecular weight excluding hydrogens is 184 g/mol. The number of unbranched alkanes of at least 4 members (excludes halogenated alkanes) is 2. The van der Waals surface area contributed by atoms with Gasteiger partial charge in [0.15, 0.2) is 0 Å². The van der Waals surface area contributed by atoms with E-state index in [1.54, 1.807) is 0 Å². The number of aryl methyl sites for hydroxylation is 1. The zero-order valence-electron chi connectivity index (χ0n) is 10.1. The lowest BCUT2D eigenvalue weighted by Gasteiger charge is -1.99. The van der Waals surface area contributed by atoms with E-state index >= 15 is 0 Å². The van der Waals surface area contributed by atoms with Crippen molar-refractivity contribution < 1.29 is 4.79 Å². The molecule has 1 aromatic carbocycles. The van der Waals surface area contributed by atoms with Crippen LogP contribution in [0.2, 0.25) is 0 Å². The van der Waals surface area contributed by atoms with E-state index < -0.39 is 0 Å². The van der Waals surface area contributed by atoms with E-state index in [4.69, 9.17) is 0 Å². The van der Waals surface area contributed by atoms with Gasteiger partial charge in [0.1, 0.15) is 6.29 Å². The Morgan fingerprint density at radius 3 is 2.13 bits per heavy atom. The average Bonchev–Trinajstić information content (AvgIpc) is 2.33. The smallest absolute Gasteiger partial charge is 0.150 e. The lowest BCUT2D eigenvalue weighted by atomic mass is 10.1. The minimum Gasteiger partial charge on any atom is -0.298 e. The highest BCUT2D eigenvalue weighted by Crippen LogP contribution is 2.07. The maximum absolute atomic E-state index is 10.4. The van der Waals surface area contributed by atoms with Gasteiger partial charge in [0.05, 0.1) is 0 Å². The molecule has 0 unspecified atom stereocenters. The van der Waals surface area contributed by atoms with E-state index in [1.807, 2.05) is 38.1 Å². The molecule has 0 saturated carbocycles. The molecule has 0 aliphatic rings. The SMILES string of the molecule is CC.CCCCCc1ccc(C=O)cc1. The maximum Gasteiger partial charge on any atom is 0.150 e. The van der Waals surface area contributed by atoms with Crippen molar-refractivity contribution >= 4 is 6.29 Å². The molecule has 1 aromatic rings. The van der Waals surface area contributed by atoms with Crippen LogP contribution in [0.15, 0.2) is 24.3 Å². The molecule has 0 heterocycles. The predicted octanol–water partition coefficient (Wildman–Crippen LogP) is 4.26. The number of carbonyl (C=O) groups is 1. The third-order valence-corrected chi connectivity index (χ3v) is 2.18. The fourth-order valence-electron chi connectivity index (χ4n) is 1.34. The molecule has 0 bridgehead atoms. The summed E-state index contributed by atoms with van der Waals surface area (Å²) in [5.41, 5.74) is 2.10. The van der Waals surface area contributed by atoms with Crippen molar-refractivity contribution in [2.45, 2.75) is 46.5 Å². The largest absolute Gasteiger partial charge is 0.298 e. The standard InChI is InChI=1S/C12H16O.C2H6/c1-2-3-4-5-11-6-8-12(10-13)9-7-11;1-2/h6-10H,2-5H2,1H3;1-2H3. The molecule has 0 N–H and O–H groups in total. The summed E-state index contributed by atoms with van der Waals surface area (Å²) in [6, 6.07) is 7.85. The molecule has 0 aliphatic carbocycles. The molecular formula is C14H22O. The minimum atomic E-state index is 0.763. The summed E-state index contributed by atoms with van der Waals surface area (Å²) in [7, 11) is 0. The zero-order chi connectivity index (χ0) is 11.5. The van der Waals surface area contributed by atoms with E-state index in [1.165, 1.54) is 24.8 Å². The van der Waals surface area contributed by atoms with Crippen molar-refractivity contribution in [1.82, 2.24) is 0 Å². The number of hydrogen-bond acceptors (Lipinski definition) is 1. The van der Waals surface area contributed by atoms with Gasteiger partial charge in [-0.1, -0.05) is 57.9 Å². The number of hydrogen-bond donors (Lipinski definition) is 0. The molecule has 1 nitrogen and oxygen atoms in total. The molecule has 0 fully saturated rings. The molecule has 0 atom stereocenters. The normalized spacial score (nSPS) is 9.00. The summed E-state index contributed by atoms with van der Waals surface area (Å²) < 4.78 is 0. The van der Waals surface area contributed by atoms with Crippen LogP contribution in [-0.2, 0) is 6.42 Å². The average molecular weight is 206 g/mol. The quantitative estimate of drug-likeness (QED) is 0.519. The Bertz CT molecular complexity index is 249. The summed E-state index contributed by atoms with van der Waals surface area (Å²) >= 11 is 0. The van der Waals surface area contributed by atoms with Crippen LogP contribution < -0.4 is 0 Å². The first-order valence-electron chi connectivity index (χ1n) is 5.91. The van der Waals surface area contributed by atoms with Crippen molar-refractivity contribution in [2.24, 2.45) is 0 Å². The Morgan fingerprint density at radius 1 is 1.07 bits per heavy atom. The van der Waals surface area contributed by atoms with Gasteiger partial charge in [0.2, 0.25) is 0 Å². The van der Waals surface area contributed by atoms with E-state index in [0.717, 1.165) is 18.3 Å². The minimum absolute atomic E-state index is 0.763. The monoisotopic (exact) mass is 206 g/mol. The Labute approximate surface area is 93.5 Å². The molecule has 0 radical (unpaired) electrons. The maximum atomic E-state index is 10.4. The Hall–Kier alpha value is -1.11. The van der Waals surface area contributed by atoms with Gasteiger partial charge in [0.25, 0.3) is 0 Å². The van der Waals surface area contributed by atoms with Gasteiger partial charge in [-0.15, -0.1) is 0 Å². The number of aldehydes is 1. The second kappa shape index (κ2) is 9.45. The highest BCUT2D eigenvalue weighted by molar-refractivity contribution is 5.74. The van der Waals surface area contributed by atoms with E-state index in [0.29, 0.717) is 0 Å². The van der Waals surface area contributed by atoms with E-state index in [-0.39, 0.29) is 0 Å². The van der Waals surface area contributed by atoms with Crippen LogP contribution >= 0.6 is 0 Å². The molecule has 1 rings (SSSR count). The molecule has 15 heavy (non-hydrogen) atoms. The third kappa shape index (κ3) is 6.05. The number of benzene rings is 1. The molecule has 0 aliphatic heterocycles. The first-order chi connectivity index (χ1) is 7.36. The van der Waals surface area contributed by atoms with Crippen molar-refractivity contribution in [3.63, 3.8) is 0 Å². The molecule has 0 saturated heterocycles. The lowest BCUT2D eigenvalue weighted by molar-refractivity contribution is 0.112. The van der Waals surface area contributed by atoms with Crippen LogP contribution in [0.3, 0.4) is 0 Å². The second-order valence-electron chi connectivity index (χ2n) is 3.32. The van der Waals surface area contributed by atoms with Gasteiger partial charge in [-0.25, -0.2) is 0 Å². The van der Waals surface area contributed by atoms with Gasteiger partial charge in [0, 0.05) is 5.56 Å². The van der Waals surface area contributed by atoms with Gasteiger partial charge < -0.3 is 0 Å². The summed E-state index contributed by atoms with van der Waals surface area (Å²) in [6.07, 6.45) is 5.81. The van der Waals surface area contributed by atoms with Crippen molar-refractivity contribution in [3.8, 4) is 0 Å². The van der Waals surface area contributed by atoms with Crippen LogP contribution in [-0.4, -0.2) is 6.29 Å². The number of rotatable bonds is 5. The van der Waals surface area contributed by atoms with Gasteiger partial charge >= 0.3 is 0 Å². The van der Waals surface area contributed by atoms with Crippen molar-refractivity contribution in [1.29, 1.82) is 0 Å². The van der Waals surface area contributed by atoms with Crippen molar-refractivity contribution in [2.75, 3.05) is 0 Å².